The summed E-state index contributed by atoms with van der Waals surface area (Å²) in [5, 5.41) is 0.515. The van der Waals surface area contributed by atoms with Crippen LogP contribution < -0.4 is 11.0 Å². The van der Waals surface area contributed by atoms with E-state index in [1.165, 1.54) is 12.8 Å². The highest BCUT2D eigenvalue weighted by Gasteiger charge is 2.24. The molecule has 0 aliphatic heterocycles. The minimum Gasteiger partial charge on any atom is -0.437 e. The molecule has 1 aliphatic rings. The van der Waals surface area contributed by atoms with Gasteiger partial charge in [0.1, 0.15) is 11.4 Å². The molecule has 1 aromatic carbocycles. The summed E-state index contributed by atoms with van der Waals surface area (Å²) in [6, 6.07) is 7.15. The maximum atomic E-state index is 13.4. The number of nitrogens with zero attached hydrogens (tertiary/aromatic N) is 2. The quantitative estimate of drug-likeness (QED) is 0.502. The van der Waals surface area contributed by atoms with Gasteiger partial charge >= 0.3 is 0 Å². The van der Waals surface area contributed by atoms with Crippen molar-refractivity contribution < 1.29 is 4.42 Å². The lowest BCUT2D eigenvalue weighted by Crippen LogP contribution is -2.32. The monoisotopic (exact) mass is 352 g/mol. The highest BCUT2D eigenvalue weighted by atomic mass is 16.3. The Kier molecular flexibility index (Phi) is 4.39. The Labute approximate surface area is 151 Å². The predicted octanol–water partition coefficient (Wildman–Crippen LogP) is 4.52. The maximum Gasteiger partial charge on any atom is 0.269 e. The van der Waals surface area contributed by atoms with E-state index in [1.54, 1.807) is 22.8 Å². The van der Waals surface area contributed by atoms with Crippen molar-refractivity contribution in [2.45, 2.75) is 64.3 Å². The van der Waals surface area contributed by atoms with Gasteiger partial charge in [-0.25, -0.2) is 0 Å². The third-order valence-electron chi connectivity index (χ3n) is 5.38. The number of fused-ring (bicyclic) bond motifs is 2. The largest absolute Gasteiger partial charge is 0.437 e. The van der Waals surface area contributed by atoms with Crippen molar-refractivity contribution in [3.05, 3.63) is 50.7 Å². The van der Waals surface area contributed by atoms with Crippen LogP contribution >= 0.6 is 0 Å². The predicted molar refractivity (Wildman–Crippen MR) is 103 cm³/mol. The third kappa shape index (κ3) is 2.75. The summed E-state index contributed by atoms with van der Waals surface area (Å²) >= 11 is 0. The van der Waals surface area contributed by atoms with E-state index < -0.39 is 0 Å². The second-order valence-electron chi connectivity index (χ2n) is 7.55. The molecule has 0 amide bonds. The average molecular weight is 352 g/mol. The lowest BCUT2D eigenvalue weighted by atomic mass is 10.1. The molecule has 0 unspecified atom stereocenters. The first-order chi connectivity index (χ1) is 12.6. The van der Waals surface area contributed by atoms with E-state index >= 15 is 0 Å². The molecule has 4 rings (SSSR count). The Morgan fingerprint density at radius 2 is 1.77 bits per heavy atom. The SMILES string of the molecule is CC(C)c1nc2oc3ccccc3c(=O)c2c(=O)n1C1CCCCCC1. The van der Waals surface area contributed by atoms with Crippen LogP contribution in [0.5, 0.6) is 0 Å². The fraction of sp³-hybridized carbons (Fsp3) is 0.476. The van der Waals surface area contributed by atoms with Crippen molar-refractivity contribution in [2.24, 2.45) is 0 Å². The first kappa shape index (κ1) is 17.0. The summed E-state index contributed by atoms with van der Waals surface area (Å²) in [7, 11) is 0. The van der Waals surface area contributed by atoms with Gasteiger partial charge in [0.25, 0.3) is 5.56 Å². The van der Waals surface area contributed by atoms with E-state index in [1.807, 2.05) is 19.9 Å². The molecule has 26 heavy (non-hydrogen) atoms. The molecular weight excluding hydrogens is 328 g/mol. The summed E-state index contributed by atoms with van der Waals surface area (Å²) < 4.78 is 7.64. The molecule has 2 aromatic heterocycles. The van der Waals surface area contributed by atoms with Gasteiger partial charge in [-0.1, -0.05) is 51.7 Å². The molecule has 0 spiro atoms. The highest BCUT2D eigenvalue weighted by molar-refractivity contribution is 5.87. The van der Waals surface area contributed by atoms with Gasteiger partial charge in [-0.3, -0.25) is 14.2 Å². The molecule has 136 valence electrons. The van der Waals surface area contributed by atoms with E-state index in [0.717, 1.165) is 25.7 Å². The minimum absolute atomic E-state index is 0.0760. The van der Waals surface area contributed by atoms with Crippen LogP contribution in [0.15, 0.2) is 38.3 Å². The first-order valence-electron chi connectivity index (χ1n) is 9.56. The second kappa shape index (κ2) is 6.71. The van der Waals surface area contributed by atoms with Crippen LogP contribution in [0.3, 0.4) is 0 Å². The van der Waals surface area contributed by atoms with Crippen LogP contribution in [0, 0.1) is 0 Å². The molecule has 0 atom stereocenters. The molecule has 5 nitrogen and oxygen atoms in total. The molecule has 1 aliphatic carbocycles. The van der Waals surface area contributed by atoms with Gasteiger partial charge < -0.3 is 4.42 Å². The molecular formula is C21H24N2O3. The van der Waals surface area contributed by atoms with Crippen LogP contribution in [0.2, 0.25) is 0 Å². The second-order valence-corrected chi connectivity index (χ2v) is 7.55. The summed E-state index contributed by atoms with van der Waals surface area (Å²) in [5.74, 6) is 0.792. The highest BCUT2D eigenvalue weighted by Crippen LogP contribution is 2.29. The maximum absolute atomic E-state index is 13.4. The van der Waals surface area contributed by atoms with E-state index in [2.05, 4.69) is 4.98 Å². The lowest BCUT2D eigenvalue weighted by molar-refractivity contribution is 0.406. The molecule has 0 bridgehead atoms. The van der Waals surface area contributed by atoms with Gasteiger partial charge in [-0.15, -0.1) is 0 Å². The van der Waals surface area contributed by atoms with Crippen LogP contribution in [0.25, 0.3) is 22.1 Å². The molecule has 1 saturated carbocycles. The molecule has 1 fully saturated rings. The topological polar surface area (TPSA) is 65.1 Å². The zero-order valence-electron chi connectivity index (χ0n) is 15.3. The molecule has 2 heterocycles. The van der Waals surface area contributed by atoms with Crippen molar-refractivity contribution in [3.63, 3.8) is 0 Å². The third-order valence-corrected chi connectivity index (χ3v) is 5.38. The van der Waals surface area contributed by atoms with Gasteiger partial charge in [0, 0.05) is 12.0 Å². The molecule has 0 radical (unpaired) electrons. The summed E-state index contributed by atoms with van der Waals surface area (Å²) in [5.41, 5.74) is 0.105. The number of para-hydroxylation sites is 1. The van der Waals surface area contributed by atoms with E-state index in [4.69, 9.17) is 4.42 Å². The Morgan fingerprint density at radius 3 is 2.46 bits per heavy atom. The smallest absolute Gasteiger partial charge is 0.269 e. The molecule has 5 heteroatoms. The van der Waals surface area contributed by atoms with Crippen LogP contribution in [-0.4, -0.2) is 9.55 Å². The molecule has 0 saturated heterocycles. The Balaban J connectivity index is 2.07. The number of rotatable bonds is 2. The number of hydrogen-bond acceptors (Lipinski definition) is 4. The van der Waals surface area contributed by atoms with E-state index in [-0.39, 0.29) is 34.0 Å². The standard InChI is InChI=1S/C21H24N2O3/c1-13(2)19-22-20-17(18(24)15-11-7-8-12-16(15)26-20)21(25)23(19)14-9-5-3-4-6-10-14/h7-8,11-14H,3-6,9-10H2,1-2H3. The van der Waals surface area contributed by atoms with Crippen LogP contribution in [-0.2, 0) is 0 Å². The van der Waals surface area contributed by atoms with E-state index in [9.17, 15) is 9.59 Å². The number of hydrogen-bond donors (Lipinski definition) is 0. The van der Waals surface area contributed by atoms with Crippen molar-refractivity contribution in [1.29, 1.82) is 0 Å². The lowest BCUT2D eigenvalue weighted by Gasteiger charge is -2.23. The number of aromatic nitrogens is 2. The van der Waals surface area contributed by atoms with Gasteiger partial charge in [-0.2, -0.15) is 4.98 Å². The first-order valence-corrected chi connectivity index (χ1v) is 9.56. The fourth-order valence-electron chi connectivity index (χ4n) is 4.06. The van der Waals surface area contributed by atoms with Crippen LogP contribution in [0.4, 0.5) is 0 Å². The zero-order chi connectivity index (χ0) is 18.3. The van der Waals surface area contributed by atoms with Crippen molar-refractivity contribution in [1.82, 2.24) is 9.55 Å². The average Bonchev–Trinajstić information content (AvgIpc) is 2.90. The summed E-state index contributed by atoms with van der Waals surface area (Å²) in [4.78, 5) is 31.0. The minimum atomic E-state index is -0.281. The van der Waals surface area contributed by atoms with Gasteiger partial charge in [0.05, 0.1) is 5.39 Å². The fourth-order valence-corrected chi connectivity index (χ4v) is 4.06. The van der Waals surface area contributed by atoms with Gasteiger partial charge in [0.15, 0.2) is 5.39 Å². The normalized spacial score (nSPS) is 16.4. The summed E-state index contributed by atoms with van der Waals surface area (Å²) in [6.07, 6.45) is 6.56. The Morgan fingerprint density at radius 1 is 1.08 bits per heavy atom. The summed E-state index contributed by atoms with van der Waals surface area (Å²) in [6.45, 7) is 4.06. The Bertz CT molecular complexity index is 1070. The number of benzene rings is 1. The molecule has 0 N–H and O–H groups in total. The zero-order valence-corrected chi connectivity index (χ0v) is 15.3. The van der Waals surface area contributed by atoms with Crippen molar-refractivity contribution in [3.8, 4) is 0 Å². The van der Waals surface area contributed by atoms with Crippen molar-refractivity contribution in [2.75, 3.05) is 0 Å². The van der Waals surface area contributed by atoms with E-state index in [0.29, 0.717) is 16.8 Å². The molecule has 3 aromatic rings. The van der Waals surface area contributed by atoms with Gasteiger partial charge in [-0.05, 0) is 25.0 Å². The van der Waals surface area contributed by atoms with Crippen LogP contribution in [0.1, 0.15) is 70.2 Å². The van der Waals surface area contributed by atoms with Gasteiger partial charge in [0.2, 0.25) is 11.1 Å². The Hall–Kier alpha value is -2.43. The van der Waals surface area contributed by atoms with Crippen molar-refractivity contribution >= 4 is 22.1 Å².